The summed E-state index contributed by atoms with van der Waals surface area (Å²) in [4.78, 5) is 27.2. The van der Waals surface area contributed by atoms with Crippen molar-refractivity contribution in [2.75, 3.05) is 11.4 Å². The molecule has 1 aliphatic heterocycles. The Balaban J connectivity index is 2.26. The van der Waals surface area contributed by atoms with Gasteiger partial charge in [-0.3, -0.25) is 9.69 Å². The highest BCUT2D eigenvalue weighted by molar-refractivity contribution is 6.74. The molecule has 1 aromatic carbocycles. The molecule has 2 amide bonds. The van der Waals surface area contributed by atoms with Crippen molar-refractivity contribution in [3.8, 4) is 5.75 Å². The maximum absolute atomic E-state index is 13.1. The van der Waals surface area contributed by atoms with Crippen LogP contribution in [0.2, 0.25) is 18.1 Å². The van der Waals surface area contributed by atoms with Gasteiger partial charge in [-0.15, -0.1) is 0 Å². The molecule has 2 N–H and O–H groups in total. The number of ether oxygens (including phenoxy) is 1. The molecule has 0 bridgehead atoms. The third-order valence-corrected chi connectivity index (χ3v) is 10.9. The fourth-order valence-corrected chi connectivity index (χ4v) is 4.96. The van der Waals surface area contributed by atoms with Crippen LogP contribution >= 0.6 is 0 Å². The van der Waals surface area contributed by atoms with Crippen molar-refractivity contribution < 1.29 is 18.8 Å². The Kier molecular flexibility index (Phi) is 5.91. The van der Waals surface area contributed by atoms with Gasteiger partial charge >= 0.3 is 6.09 Å². The zero-order chi connectivity index (χ0) is 24.2. The lowest BCUT2D eigenvalue weighted by atomic mass is 9.90. The van der Waals surface area contributed by atoms with Crippen molar-refractivity contribution in [1.82, 2.24) is 4.57 Å². The molecule has 1 aromatic heterocycles. The van der Waals surface area contributed by atoms with Crippen LogP contribution in [0.3, 0.4) is 0 Å². The molecule has 2 aromatic rings. The molecule has 0 saturated carbocycles. The first-order chi connectivity index (χ1) is 14.5. The molecule has 176 valence electrons. The number of anilines is 1. The van der Waals surface area contributed by atoms with E-state index in [2.05, 4.69) is 33.9 Å². The molecule has 8 heteroatoms. The molecular formula is C24H37N3O4Si. The number of hydrogen-bond donors (Lipinski definition) is 1. The van der Waals surface area contributed by atoms with Crippen molar-refractivity contribution in [2.24, 2.45) is 12.8 Å². The Morgan fingerprint density at radius 1 is 1.12 bits per heavy atom. The summed E-state index contributed by atoms with van der Waals surface area (Å²) in [5.41, 5.74) is 6.86. The van der Waals surface area contributed by atoms with Crippen LogP contribution in [-0.2, 0) is 16.6 Å². The van der Waals surface area contributed by atoms with Gasteiger partial charge in [0, 0.05) is 24.5 Å². The number of carbonyl (C=O) groups excluding carboxylic acids is 2. The second-order valence-corrected chi connectivity index (χ2v) is 15.9. The average Bonchev–Trinajstić information content (AvgIpc) is 2.92. The van der Waals surface area contributed by atoms with Gasteiger partial charge in [0.1, 0.15) is 17.2 Å². The molecule has 1 atom stereocenters. The second kappa shape index (κ2) is 7.83. The lowest BCUT2D eigenvalue weighted by Gasteiger charge is -2.37. The first-order valence-electron chi connectivity index (χ1n) is 11.2. The Morgan fingerprint density at radius 3 is 2.28 bits per heavy atom. The number of amides is 2. The molecule has 2 heterocycles. The number of aryl methyl sites for hydroxylation is 1. The van der Waals surface area contributed by atoms with Gasteiger partial charge in [-0.2, -0.15) is 0 Å². The number of carbonyl (C=O) groups is 2. The van der Waals surface area contributed by atoms with Gasteiger partial charge in [0.15, 0.2) is 0 Å². The summed E-state index contributed by atoms with van der Waals surface area (Å²) < 4.78 is 14.3. The average molecular weight is 460 g/mol. The topological polar surface area (TPSA) is 86.8 Å². The highest BCUT2D eigenvalue weighted by Crippen LogP contribution is 2.47. The number of nitrogens with two attached hydrogens (primary N) is 1. The van der Waals surface area contributed by atoms with Crippen LogP contribution in [0.25, 0.3) is 10.9 Å². The fourth-order valence-electron chi connectivity index (χ4n) is 3.93. The monoisotopic (exact) mass is 459 g/mol. The number of benzene rings is 1. The standard InChI is InChI=1S/C24H37N3O4Si/c1-23(2,3)30-22(29)27-14-13-15(20(25)28)18-19-16(26(7)21(18)27)11-10-12-17(19)31-32(8,9)24(4,5)6/h10-12,15H,13-14H2,1-9H3,(H2,25,28). The second-order valence-electron chi connectivity index (χ2n) is 11.2. The lowest BCUT2D eigenvalue weighted by molar-refractivity contribution is -0.119. The summed E-state index contributed by atoms with van der Waals surface area (Å²) in [6, 6.07) is 5.89. The van der Waals surface area contributed by atoms with Gasteiger partial charge in [0.25, 0.3) is 8.32 Å². The van der Waals surface area contributed by atoms with Crippen molar-refractivity contribution >= 4 is 37.0 Å². The van der Waals surface area contributed by atoms with Crippen LogP contribution in [0.5, 0.6) is 5.75 Å². The molecule has 0 saturated heterocycles. The third kappa shape index (κ3) is 4.24. The van der Waals surface area contributed by atoms with E-state index in [1.54, 1.807) is 4.90 Å². The highest BCUT2D eigenvalue weighted by Gasteiger charge is 2.42. The van der Waals surface area contributed by atoms with Crippen molar-refractivity contribution in [1.29, 1.82) is 0 Å². The van der Waals surface area contributed by atoms with Crippen LogP contribution in [-0.4, -0.2) is 37.0 Å². The summed E-state index contributed by atoms with van der Waals surface area (Å²) in [5.74, 6) is 0.486. The van der Waals surface area contributed by atoms with E-state index in [0.717, 1.165) is 22.2 Å². The van der Waals surface area contributed by atoms with Crippen LogP contribution in [0.4, 0.5) is 10.6 Å². The molecule has 0 fully saturated rings. The minimum Gasteiger partial charge on any atom is -0.543 e. The Bertz CT molecular complexity index is 1060. The quantitative estimate of drug-likeness (QED) is 0.633. The molecule has 1 unspecified atom stereocenters. The van der Waals surface area contributed by atoms with E-state index in [4.69, 9.17) is 14.9 Å². The summed E-state index contributed by atoms with van der Waals surface area (Å²) in [6.45, 7) is 16.8. The number of nitrogens with zero attached hydrogens (tertiary/aromatic N) is 2. The molecular weight excluding hydrogens is 422 g/mol. The lowest BCUT2D eigenvalue weighted by Crippen LogP contribution is -2.44. The SMILES string of the molecule is Cn1c2c(c3c(O[Si](C)(C)C(C)(C)C)cccc31)C(C(N)=O)CCN2C(=O)OC(C)(C)C. The first kappa shape index (κ1) is 24.2. The van der Waals surface area contributed by atoms with E-state index < -0.39 is 31.8 Å². The van der Waals surface area contributed by atoms with E-state index in [-0.39, 0.29) is 5.04 Å². The zero-order valence-electron chi connectivity index (χ0n) is 20.8. The maximum atomic E-state index is 13.1. The predicted octanol–water partition coefficient (Wildman–Crippen LogP) is 5.28. The Labute approximate surface area is 192 Å². The van der Waals surface area contributed by atoms with E-state index in [9.17, 15) is 9.59 Å². The van der Waals surface area contributed by atoms with Gasteiger partial charge in [-0.25, -0.2) is 4.79 Å². The number of aromatic nitrogens is 1. The normalized spacial score (nSPS) is 17.3. The van der Waals surface area contributed by atoms with Gasteiger partial charge in [0.2, 0.25) is 5.91 Å². The summed E-state index contributed by atoms with van der Waals surface area (Å²) >= 11 is 0. The van der Waals surface area contributed by atoms with Crippen LogP contribution in [0, 0.1) is 0 Å². The minimum absolute atomic E-state index is 0.00957. The van der Waals surface area contributed by atoms with Crippen molar-refractivity contribution in [3.63, 3.8) is 0 Å². The molecule has 0 aliphatic carbocycles. The number of hydrogen-bond acceptors (Lipinski definition) is 4. The third-order valence-electron chi connectivity index (χ3n) is 6.57. The summed E-state index contributed by atoms with van der Waals surface area (Å²) in [6.07, 6.45) is 0.00853. The van der Waals surface area contributed by atoms with Gasteiger partial charge in [-0.05, 0) is 57.5 Å². The molecule has 3 rings (SSSR count). The summed E-state index contributed by atoms with van der Waals surface area (Å²) in [5, 5.41) is 0.863. The minimum atomic E-state index is -2.15. The van der Waals surface area contributed by atoms with Crippen molar-refractivity contribution in [3.05, 3.63) is 23.8 Å². The number of fused-ring (bicyclic) bond motifs is 3. The van der Waals surface area contributed by atoms with Gasteiger partial charge in [0.05, 0.1) is 11.4 Å². The molecule has 7 nitrogen and oxygen atoms in total. The van der Waals surface area contributed by atoms with Crippen LogP contribution in [0.1, 0.15) is 59.4 Å². The van der Waals surface area contributed by atoms with Gasteiger partial charge in [-0.1, -0.05) is 26.8 Å². The predicted molar refractivity (Wildman–Crippen MR) is 131 cm³/mol. The molecule has 32 heavy (non-hydrogen) atoms. The van der Waals surface area contributed by atoms with Crippen LogP contribution < -0.4 is 15.1 Å². The van der Waals surface area contributed by atoms with Gasteiger partial charge < -0.3 is 19.5 Å². The Hall–Kier alpha value is -2.48. The smallest absolute Gasteiger partial charge is 0.415 e. The summed E-state index contributed by atoms with van der Waals surface area (Å²) in [7, 11) is -0.249. The molecule has 0 spiro atoms. The maximum Gasteiger partial charge on any atom is 0.415 e. The Morgan fingerprint density at radius 2 is 1.75 bits per heavy atom. The molecule has 0 radical (unpaired) electrons. The number of primary amides is 1. The largest absolute Gasteiger partial charge is 0.543 e. The van der Waals surface area contributed by atoms with E-state index in [1.807, 2.05) is 50.6 Å². The van der Waals surface area contributed by atoms with E-state index in [0.29, 0.717) is 18.8 Å². The number of rotatable bonds is 3. The van der Waals surface area contributed by atoms with E-state index >= 15 is 0 Å². The van der Waals surface area contributed by atoms with Crippen molar-refractivity contribution in [2.45, 2.75) is 77.6 Å². The van der Waals surface area contributed by atoms with Crippen LogP contribution in [0.15, 0.2) is 18.2 Å². The molecule has 1 aliphatic rings. The fraction of sp³-hybridized carbons (Fsp3) is 0.583. The first-order valence-corrected chi connectivity index (χ1v) is 14.1. The van der Waals surface area contributed by atoms with E-state index in [1.165, 1.54) is 0 Å². The highest BCUT2D eigenvalue weighted by atomic mass is 28.4. The zero-order valence-corrected chi connectivity index (χ0v) is 21.8.